The van der Waals surface area contributed by atoms with Gasteiger partial charge in [-0.2, -0.15) is 0 Å². The molecule has 3 aliphatic rings. The molecule has 0 radical (unpaired) electrons. The van der Waals surface area contributed by atoms with Gasteiger partial charge in [-0.15, -0.1) is 0 Å². The Morgan fingerprint density at radius 1 is 1.22 bits per heavy atom. The van der Waals surface area contributed by atoms with E-state index in [-0.39, 0.29) is 17.9 Å². The van der Waals surface area contributed by atoms with E-state index >= 15 is 0 Å². The Kier molecular flexibility index (Phi) is 4.89. The van der Waals surface area contributed by atoms with E-state index in [1.807, 2.05) is 18.2 Å². The molecule has 1 aromatic carbocycles. The van der Waals surface area contributed by atoms with Crippen molar-refractivity contribution in [3.63, 3.8) is 0 Å². The maximum atomic E-state index is 12.8. The molecule has 144 valence electrons. The van der Waals surface area contributed by atoms with Crippen LogP contribution in [0, 0.1) is 5.92 Å². The van der Waals surface area contributed by atoms with Crippen LogP contribution in [-0.4, -0.2) is 39.9 Å². The number of nitrogens with one attached hydrogen (secondary N) is 1. The van der Waals surface area contributed by atoms with E-state index in [0.717, 1.165) is 48.9 Å². The van der Waals surface area contributed by atoms with Crippen LogP contribution in [0.4, 0.5) is 5.69 Å². The Labute approximate surface area is 158 Å². The predicted octanol–water partition coefficient (Wildman–Crippen LogP) is 2.75. The van der Waals surface area contributed by atoms with Gasteiger partial charge in [-0.25, -0.2) is 4.79 Å². The monoisotopic (exact) mass is 370 g/mol. The Morgan fingerprint density at radius 2 is 2.04 bits per heavy atom. The molecule has 0 spiro atoms. The third kappa shape index (κ3) is 3.57. The number of hydrogen-bond acceptors (Lipinski definition) is 3. The number of fused-ring (bicyclic) bond motifs is 2. The van der Waals surface area contributed by atoms with Gasteiger partial charge < -0.3 is 15.3 Å². The van der Waals surface area contributed by atoms with Gasteiger partial charge in [0.05, 0.1) is 6.42 Å². The van der Waals surface area contributed by atoms with Crippen LogP contribution in [0.5, 0.6) is 0 Å². The summed E-state index contributed by atoms with van der Waals surface area (Å²) >= 11 is 0. The lowest BCUT2D eigenvalue weighted by Crippen LogP contribution is -2.46. The maximum absolute atomic E-state index is 12.8. The van der Waals surface area contributed by atoms with E-state index in [9.17, 15) is 19.5 Å². The summed E-state index contributed by atoms with van der Waals surface area (Å²) in [5.74, 6) is -0.512. The summed E-state index contributed by atoms with van der Waals surface area (Å²) < 4.78 is 0. The van der Waals surface area contributed by atoms with Gasteiger partial charge in [0.15, 0.2) is 0 Å². The Balaban J connectivity index is 1.36. The summed E-state index contributed by atoms with van der Waals surface area (Å²) in [5, 5.41) is 12.4. The highest BCUT2D eigenvalue weighted by molar-refractivity contribution is 5.99. The van der Waals surface area contributed by atoms with Crippen LogP contribution in [0.3, 0.4) is 0 Å². The van der Waals surface area contributed by atoms with Crippen molar-refractivity contribution in [2.45, 2.75) is 69.9 Å². The zero-order chi connectivity index (χ0) is 19.0. The van der Waals surface area contributed by atoms with Gasteiger partial charge in [0.25, 0.3) is 0 Å². The Bertz CT molecular complexity index is 775. The van der Waals surface area contributed by atoms with Crippen LogP contribution < -0.4 is 5.32 Å². The number of aliphatic carboxylic acids is 1. The van der Waals surface area contributed by atoms with E-state index in [1.54, 1.807) is 4.90 Å². The number of aryl methyl sites for hydroxylation is 1. The lowest BCUT2D eigenvalue weighted by atomic mass is 9.84. The molecule has 0 unspecified atom stereocenters. The van der Waals surface area contributed by atoms with Crippen molar-refractivity contribution < 1.29 is 19.5 Å². The second-order valence-electron chi connectivity index (χ2n) is 8.07. The SMILES string of the molecule is O=C1Cc2cc(CCCC(=O)N3[C@@H]4CCCC[C@@H]4C[C@H]3C(=O)O)ccc2N1. The second-order valence-corrected chi connectivity index (χ2v) is 8.07. The fraction of sp³-hybridized carbons (Fsp3) is 0.571. The second kappa shape index (κ2) is 7.33. The zero-order valence-electron chi connectivity index (χ0n) is 15.4. The van der Waals surface area contributed by atoms with Crippen molar-refractivity contribution >= 4 is 23.5 Å². The molecular weight excluding hydrogens is 344 g/mol. The lowest BCUT2D eigenvalue weighted by Gasteiger charge is -2.33. The molecule has 2 aliphatic heterocycles. The van der Waals surface area contributed by atoms with Crippen molar-refractivity contribution in [3.8, 4) is 0 Å². The Hall–Kier alpha value is -2.37. The van der Waals surface area contributed by atoms with Crippen LogP contribution in [0.15, 0.2) is 18.2 Å². The molecule has 0 bridgehead atoms. The summed E-state index contributed by atoms with van der Waals surface area (Å²) in [7, 11) is 0. The van der Waals surface area contributed by atoms with E-state index in [4.69, 9.17) is 0 Å². The van der Waals surface area contributed by atoms with Crippen molar-refractivity contribution in [2.24, 2.45) is 5.92 Å². The molecule has 3 atom stereocenters. The topological polar surface area (TPSA) is 86.7 Å². The number of carboxylic acids is 1. The van der Waals surface area contributed by atoms with Gasteiger partial charge in [0.2, 0.25) is 11.8 Å². The van der Waals surface area contributed by atoms with Crippen molar-refractivity contribution in [1.29, 1.82) is 0 Å². The Morgan fingerprint density at radius 3 is 2.85 bits per heavy atom. The third-order valence-electron chi connectivity index (χ3n) is 6.31. The lowest BCUT2D eigenvalue weighted by molar-refractivity contribution is -0.149. The van der Waals surface area contributed by atoms with Crippen LogP contribution in [0.2, 0.25) is 0 Å². The summed E-state index contributed by atoms with van der Waals surface area (Å²) in [6, 6.07) is 5.41. The number of anilines is 1. The van der Waals surface area contributed by atoms with Gasteiger partial charge in [-0.3, -0.25) is 9.59 Å². The fourth-order valence-electron chi connectivity index (χ4n) is 5.05. The first-order valence-corrected chi connectivity index (χ1v) is 9.98. The number of carbonyl (C=O) groups is 3. The minimum absolute atomic E-state index is 0.0187. The molecule has 0 aromatic heterocycles. The minimum atomic E-state index is -0.867. The summed E-state index contributed by atoms with van der Waals surface area (Å²) in [5.41, 5.74) is 3.01. The average molecular weight is 370 g/mol. The molecule has 1 aromatic rings. The van der Waals surface area contributed by atoms with Gasteiger partial charge in [-0.05, 0) is 55.2 Å². The molecule has 1 saturated carbocycles. The van der Waals surface area contributed by atoms with Crippen molar-refractivity contribution in [2.75, 3.05) is 5.32 Å². The van der Waals surface area contributed by atoms with Crippen LogP contribution in [0.25, 0.3) is 0 Å². The van der Waals surface area contributed by atoms with Gasteiger partial charge in [0, 0.05) is 18.2 Å². The quantitative estimate of drug-likeness (QED) is 0.834. The third-order valence-corrected chi connectivity index (χ3v) is 6.31. The molecule has 2 N–H and O–H groups in total. The highest BCUT2D eigenvalue weighted by Crippen LogP contribution is 2.40. The molecule has 4 rings (SSSR count). The first kappa shape index (κ1) is 18.0. The minimum Gasteiger partial charge on any atom is -0.480 e. The van der Waals surface area contributed by atoms with E-state index in [0.29, 0.717) is 31.6 Å². The van der Waals surface area contributed by atoms with Crippen molar-refractivity contribution in [3.05, 3.63) is 29.3 Å². The largest absolute Gasteiger partial charge is 0.480 e. The molecule has 2 amide bonds. The highest BCUT2D eigenvalue weighted by atomic mass is 16.4. The number of amides is 2. The van der Waals surface area contributed by atoms with E-state index in [2.05, 4.69) is 5.32 Å². The van der Waals surface area contributed by atoms with Gasteiger partial charge in [-0.1, -0.05) is 25.0 Å². The fourth-order valence-corrected chi connectivity index (χ4v) is 5.05. The number of carboxylic acid groups (broad SMARTS) is 1. The standard InChI is InChI=1S/C21H26N2O4/c24-19-12-15-10-13(8-9-16(15)22-19)4-3-7-20(25)23-17-6-2-1-5-14(17)11-18(23)21(26)27/h8-10,14,17-18H,1-7,11-12H2,(H,22,24)(H,26,27)/t14-,17-,18+/m1/s1. The number of carbonyl (C=O) groups excluding carboxylic acids is 2. The highest BCUT2D eigenvalue weighted by Gasteiger charge is 2.47. The first-order chi connectivity index (χ1) is 13.0. The number of hydrogen-bond donors (Lipinski definition) is 2. The van der Waals surface area contributed by atoms with Crippen LogP contribution in [-0.2, 0) is 27.2 Å². The summed E-state index contributed by atoms with van der Waals surface area (Å²) in [6.07, 6.45) is 7.06. The van der Waals surface area contributed by atoms with Gasteiger partial charge >= 0.3 is 5.97 Å². The molecule has 1 aliphatic carbocycles. The van der Waals surface area contributed by atoms with E-state index < -0.39 is 12.0 Å². The summed E-state index contributed by atoms with van der Waals surface area (Å²) in [4.78, 5) is 37.7. The van der Waals surface area contributed by atoms with Gasteiger partial charge in [0.1, 0.15) is 6.04 Å². The number of nitrogens with zero attached hydrogens (tertiary/aromatic N) is 1. The maximum Gasteiger partial charge on any atom is 0.326 e. The number of rotatable bonds is 5. The normalized spacial score (nSPS) is 26.4. The predicted molar refractivity (Wildman–Crippen MR) is 100 cm³/mol. The average Bonchev–Trinajstić information content (AvgIpc) is 3.20. The number of benzene rings is 1. The number of likely N-dealkylation sites (tertiary alicyclic amines) is 1. The molecule has 27 heavy (non-hydrogen) atoms. The molecule has 2 fully saturated rings. The van der Waals surface area contributed by atoms with Crippen LogP contribution >= 0.6 is 0 Å². The molecule has 6 heteroatoms. The molecular formula is C21H26N2O4. The molecule has 6 nitrogen and oxygen atoms in total. The zero-order valence-corrected chi connectivity index (χ0v) is 15.4. The smallest absolute Gasteiger partial charge is 0.326 e. The van der Waals surface area contributed by atoms with Crippen molar-refractivity contribution in [1.82, 2.24) is 4.90 Å². The summed E-state index contributed by atoms with van der Waals surface area (Å²) in [6.45, 7) is 0. The van der Waals surface area contributed by atoms with E-state index in [1.165, 1.54) is 0 Å². The molecule has 2 heterocycles. The first-order valence-electron chi connectivity index (χ1n) is 9.98. The van der Waals surface area contributed by atoms with Crippen LogP contribution in [0.1, 0.15) is 56.1 Å². The molecule has 1 saturated heterocycles.